The Morgan fingerprint density at radius 2 is 1.67 bits per heavy atom. The molecule has 2 aromatic carbocycles. The minimum atomic E-state index is -3.65. The molecule has 7 nitrogen and oxygen atoms in total. The Morgan fingerprint density at radius 3 is 2.30 bits per heavy atom. The van der Waals surface area contributed by atoms with Crippen LogP contribution in [-0.4, -0.2) is 41.1 Å². The van der Waals surface area contributed by atoms with Crippen LogP contribution in [0.15, 0.2) is 53.4 Å². The lowest BCUT2D eigenvalue weighted by molar-refractivity contribution is -0.121. The maximum absolute atomic E-state index is 12.4. The van der Waals surface area contributed by atoms with Gasteiger partial charge in [0.2, 0.25) is 15.9 Å². The molecular formula is C22H30N2O5S. The van der Waals surface area contributed by atoms with Crippen molar-refractivity contribution in [3.8, 4) is 11.5 Å². The monoisotopic (exact) mass is 434 g/mol. The highest BCUT2D eigenvalue weighted by atomic mass is 32.2. The highest BCUT2D eigenvalue weighted by molar-refractivity contribution is 7.89. The van der Waals surface area contributed by atoms with Gasteiger partial charge in [-0.1, -0.05) is 39.0 Å². The molecular weight excluding hydrogens is 404 g/mol. The largest absolute Gasteiger partial charge is 0.497 e. The van der Waals surface area contributed by atoms with Crippen LogP contribution >= 0.6 is 0 Å². The van der Waals surface area contributed by atoms with Gasteiger partial charge in [-0.05, 0) is 35.2 Å². The van der Waals surface area contributed by atoms with Gasteiger partial charge < -0.3 is 14.8 Å². The number of hydrogen-bond acceptors (Lipinski definition) is 5. The Balaban J connectivity index is 1.71. The lowest BCUT2D eigenvalue weighted by atomic mass is 9.87. The molecule has 0 heterocycles. The molecule has 1 amide bonds. The van der Waals surface area contributed by atoms with Gasteiger partial charge in [0.05, 0.1) is 18.6 Å². The highest BCUT2D eigenvalue weighted by Crippen LogP contribution is 2.23. The quantitative estimate of drug-likeness (QED) is 0.561. The Kier molecular flexibility index (Phi) is 8.25. The predicted molar refractivity (Wildman–Crippen MR) is 116 cm³/mol. The number of amides is 1. The van der Waals surface area contributed by atoms with Crippen molar-refractivity contribution in [1.29, 1.82) is 0 Å². The van der Waals surface area contributed by atoms with Crippen LogP contribution < -0.4 is 19.5 Å². The van der Waals surface area contributed by atoms with Crippen molar-refractivity contribution in [2.75, 3.05) is 26.8 Å². The molecule has 0 radical (unpaired) electrons. The summed E-state index contributed by atoms with van der Waals surface area (Å²) in [5, 5.41) is 2.70. The van der Waals surface area contributed by atoms with Crippen molar-refractivity contribution in [3.05, 3.63) is 54.1 Å². The standard InChI is InChI=1S/C22H30N2O5S/c1-22(2,3)17-8-10-20(11-9-17)30(26,27)24-13-12-21(25)23-14-15-29-19-7-5-6-18(16-19)28-4/h5-11,16,24H,12-15H2,1-4H3,(H,23,25). The first-order chi connectivity index (χ1) is 14.1. The number of hydrogen-bond donors (Lipinski definition) is 2. The molecule has 0 aromatic heterocycles. The molecule has 2 rings (SSSR count). The van der Waals surface area contributed by atoms with Gasteiger partial charge in [-0.2, -0.15) is 0 Å². The van der Waals surface area contributed by atoms with Gasteiger partial charge in [-0.15, -0.1) is 0 Å². The second kappa shape index (κ2) is 10.4. The summed E-state index contributed by atoms with van der Waals surface area (Å²) in [6.45, 7) is 6.83. The highest BCUT2D eigenvalue weighted by Gasteiger charge is 2.17. The molecule has 164 valence electrons. The van der Waals surface area contributed by atoms with Gasteiger partial charge in [0, 0.05) is 19.0 Å². The third-order valence-electron chi connectivity index (χ3n) is 4.41. The Bertz CT molecular complexity index is 935. The van der Waals surface area contributed by atoms with Gasteiger partial charge in [0.1, 0.15) is 18.1 Å². The fraction of sp³-hybridized carbons (Fsp3) is 0.409. The maximum atomic E-state index is 12.4. The van der Waals surface area contributed by atoms with Gasteiger partial charge in [-0.25, -0.2) is 13.1 Å². The van der Waals surface area contributed by atoms with E-state index < -0.39 is 10.0 Å². The van der Waals surface area contributed by atoms with Crippen molar-refractivity contribution >= 4 is 15.9 Å². The minimum Gasteiger partial charge on any atom is -0.497 e. The summed E-state index contributed by atoms with van der Waals surface area (Å²) in [5.41, 5.74) is 1.00. The van der Waals surface area contributed by atoms with Crippen LogP contribution in [0.2, 0.25) is 0 Å². The Morgan fingerprint density at radius 1 is 1.00 bits per heavy atom. The third-order valence-corrected chi connectivity index (χ3v) is 5.89. The molecule has 2 aromatic rings. The summed E-state index contributed by atoms with van der Waals surface area (Å²) in [4.78, 5) is 12.1. The zero-order chi connectivity index (χ0) is 22.2. The van der Waals surface area contributed by atoms with E-state index in [0.29, 0.717) is 24.7 Å². The SMILES string of the molecule is COc1cccc(OCCNC(=O)CCNS(=O)(=O)c2ccc(C(C)(C)C)cc2)c1. The molecule has 0 fully saturated rings. The summed E-state index contributed by atoms with van der Waals surface area (Å²) in [6.07, 6.45) is 0.0401. The number of benzene rings is 2. The smallest absolute Gasteiger partial charge is 0.240 e. The number of carbonyl (C=O) groups excluding carboxylic acids is 1. The van der Waals surface area contributed by atoms with Crippen LogP contribution in [0.4, 0.5) is 0 Å². The van der Waals surface area contributed by atoms with E-state index in [4.69, 9.17) is 9.47 Å². The fourth-order valence-electron chi connectivity index (χ4n) is 2.66. The normalized spacial score (nSPS) is 11.7. The van der Waals surface area contributed by atoms with Crippen molar-refractivity contribution in [1.82, 2.24) is 10.0 Å². The lowest BCUT2D eigenvalue weighted by Gasteiger charge is -2.19. The van der Waals surface area contributed by atoms with E-state index in [9.17, 15) is 13.2 Å². The summed E-state index contributed by atoms with van der Waals surface area (Å²) in [5.74, 6) is 1.08. The second-order valence-corrected chi connectivity index (χ2v) is 9.57. The molecule has 0 aliphatic rings. The van der Waals surface area contributed by atoms with Crippen molar-refractivity contribution in [2.24, 2.45) is 0 Å². The number of sulfonamides is 1. The Labute approximate surface area is 178 Å². The molecule has 30 heavy (non-hydrogen) atoms. The first-order valence-electron chi connectivity index (χ1n) is 9.75. The van der Waals surface area contributed by atoms with E-state index in [0.717, 1.165) is 5.56 Å². The van der Waals surface area contributed by atoms with E-state index >= 15 is 0 Å². The summed E-state index contributed by atoms with van der Waals surface area (Å²) in [7, 11) is -2.07. The topological polar surface area (TPSA) is 93.7 Å². The van der Waals surface area contributed by atoms with Crippen LogP contribution in [0.5, 0.6) is 11.5 Å². The molecule has 0 bridgehead atoms. The third kappa shape index (κ3) is 7.35. The van der Waals surface area contributed by atoms with Crippen molar-refractivity contribution < 1.29 is 22.7 Å². The van der Waals surface area contributed by atoms with Gasteiger partial charge in [-0.3, -0.25) is 4.79 Å². The summed E-state index contributed by atoms with van der Waals surface area (Å²) in [6, 6.07) is 14.0. The second-order valence-electron chi connectivity index (χ2n) is 7.80. The van der Waals surface area contributed by atoms with Crippen LogP contribution in [0.3, 0.4) is 0 Å². The predicted octanol–water partition coefficient (Wildman–Crippen LogP) is 2.86. The van der Waals surface area contributed by atoms with Gasteiger partial charge in [0.25, 0.3) is 0 Å². The zero-order valence-corrected chi connectivity index (χ0v) is 18.7. The Hall–Kier alpha value is -2.58. The van der Waals surface area contributed by atoms with E-state index in [1.807, 2.05) is 24.3 Å². The molecule has 0 saturated heterocycles. The van der Waals surface area contributed by atoms with Crippen molar-refractivity contribution in [3.63, 3.8) is 0 Å². The first-order valence-corrected chi connectivity index (χ1v) is 11.2. The van der Waals surface area contributed by atoms with E-state index in [-0.39, 0.29) is 29.2 Å². The summed E-state index contributed by atoms with van der Waals surface area (Å²) < 4.78 is 37.9. The van der Waals surface area contributed by atoms with Crippen molar-refractivity contribution in [2.45, 2.75) is 37.5 Å². The van der Waals surface area contributed by atoms with Crippen LogP contribution in [0.1, 0.15) is 32.8 Å². The average molecular weight is 435 g/mol. The molecule has 0 spiro atoms. The number of nitrogens with one attached hydrogen (secondary N) is 2. The maximum Gasteiger partial charge on any atom is 0.240 e. The number of methoxy groups -OCH3 is 1. The van der Waals surface area contributed by atoms with Crippen LogP contribution in [-0.2, 0) is 20.2 Å². The minimum absolute atomic E-state index is 0.0198. The average Bonchev–Trinajstić information content (AvgIpc) is 2.71. The van der Waals surface area contributed by atoms with E-state index in [2.05, 4.69) is 30.8 Å². The summed E-state index contributed by atoms with van der Waals surface area (Å²) >= 11 is 0. The molecule has 2 N–H and O–H groups in total. The lowest BCUT2D eigenvalue weighted by Crippen LogP contribution is -2.32. The fourth-order valence-corrected chi connectivity index (χ4v) is 3.69. The van der Waals surface area contributed by atoms with Gasteiger partial charge >= 0.3 is 0 Å². The number of carbonyl (C=O) groups is 1. The van der Waals surface area contributed by atoms with Crippen LogP contribution in [0.25, 0.3) is 0 Å². The van der Waals surface area contributed by atoms with Crippen LogP contribution in [0, 0.1) is 0 Å². The number of ether oxygens (including phenoxy) is 2. The first kappa shape index (κ1) is 23.7. The van der Waals surface area contributed by atoms with E-state index in [1.54, 1.807) is 31.4 Å². The molecule has 0 saturated carbocycles. The molecule has 8 heteroatoms. The molecule has 0 unspecified atom stereocenters. The molecule has 0 aliphatic carbocycles. The number of rotatable bonds is 10. The zero-order valence-electron chi connectivity index (χ0n) is 17.9. The van der Waals surface area contributed by atoms with Gasteiger partial charge in [0.15, 0.2) is 0 Å². The molecule has 0 atom stereocenters. The molecule has 0 aliphatic heterocycles. The van der Waals surface area contributed by atoms with E-state index in [1.165, 1.54) is 0 Å².